The molecule has 0 radical (unpaired) electrons. The minimum absolute atomic E-state index is 0.104. The van der Waals surface area contributed by atoms with Gasteiger partial charge in [0, 0.05) is 4.88 Å². The number of thiophene rings is 1. The SMILES string of the molecule is COC(=O)C1=C(c2ccc(-c3cccs3)cc2)C[C@@H]2CC[C@H]1O2. The fourth-order valence-electron chi connectivity index (χ4n) is 3.52. The molecule has 2 aliphatic rings. The number of carbonyl (C=O) groups is 1. The van der Waals surface area contributed by atoms with E-state index in [1.54, 1.807) is 11.3 Å². The van der Waals surface area contributed by atoms with E-state index in [4.69, 9.17) is 9.47 Å². The Kier molecular flexibility index (Phi) is 3.79. The Morgan fingerprint density at radius 2 is 1.96 bits per heavy atom. The molecule has 1 aromatic carbocycles. The van der Waals surface area contributed by atoms with Gasteiger partial charge in [-0.1, -0.05) is 30.3 Å². The first kappa shape index (κ1) is 14.7. The Morgan fingerprint density at radius 1 is 1.17 bits per heavy atom. The van der Waals surface area contributed by atoms with Gasteiger partial charge >= 0.3 is 5.97 Å². The maximum absolute atomic E-state index is 12.2. The minimum atomic E-state index is -0.257. The van der Waals surface area contributed by atoms with Crippen molar-refractivity contribution in [3.05, 3.63) is 52.9 Å². The molecule has 4 rings (SSSR count). The van der Waals surface area contributed by atoms with Crippen molar-refractivity contribution in [3.63, 3.8) is 0 Å². The third kappa shape index (κ3) is 2.62. The molecule has 3 heterocycles. The second-order valence-electron chi connectivity index (χ2n) is 5.97. The molecule has 2 bridgehead atoms. The molecular weight excluding hydrogens is 308 g/mol. The zero-order valence-electron chi connectivity index (χ0n) is 13.0. The lowest BCUT2D eigenvalue weighted by atomic mass is 9.91. The van der Waals surface area contributed by atoms with Crippen molar-refractivity contribution < 1.29 is 14.3 Å². The second kappa shape index (κ2) is 5.95. The van der Waals surface area contributed by atoms with E-state index in [9.17, 15) is 4.79 Å². The Morgan fingerprint density at radius 3 is 2.65 bits per heavy atom. The highest BCUT2D eigenvalue weighted by atomic mass is 32.1. The second-order valence-corrected chi connectivity index (χ2v) is 6.91. The van der Waals surface area contributed by atoms with Crippen molar-refractivity contribution in [2.75, 3.05) is 7.11 Å². The highest BCUT2D eigenvalue weighted by Crippen LogP contribution is 2.41. The van der Waals surface area contributed by atoms with Gasteiger partial charge in [0.05, 0.1) is 24.9 Å². The Balaban J connectivity index is 1.73. The van der Waals surface area contributed by atoms with Crippen LogP contribution in [0, 0.1) is 0 Å². The first-order chi connectivity index (χ1) is 11.3. The third-order valence-electron chi connectivity index (χ3n) is 4.63. The molecule has 0 amide bonds. The standard InChI is InChI=1S/C19H18O3S/c1-21-19(20)18-15(11-14-8-9-16(18)22-14)12-4-6-13(7-5-12)17-3-2-10-23-17/h2-7,10,14,16H,8-9,11H2,1H3/t14-,16+/m0/s1. The van der Waals surface area contributed by atoms with Crippen molar-refractivity contribution in [1.29, 1.82) is 0 Å². The highest BCUT2D eigenvalue weighted by molar-refractivity contribution is 7.13. The molecule has 1 fully saturated rings. The van der Waals surface area contributed by atoms with E-state index in [1.807, 2.05) is 0 Å². The van der Waals surface area contributed by atoms with Crippen molar-refractivity contribution in [1.82, 2.24) is 0 Å². The average molecular weight is 326 g/mol. The van der Waals surface area contributed by atoms with E-state index in [0.717, 1.165) is 30.4 Å². The molecule has 118 valence electrons. The third-order valence-corrected chi connectivity index (χ3v) is 5.55. The van der Waals surface area contributed by atoms with Crippen LogP contribution in [0.15, 0.2) is 47.4 Å². The monoisotopic (exact) mass is 326 g/mol. The molecule has 0 N–H and O–H groups in total. The van der Waals surface area contributed by atoms with E-state index in [0.29, 0.717) is 5.57 Å². The number of methoxy groups -OCH3 is 1. The quantitative estimate of drug-likeness (QED) is 0.789. The van der Waals surface area contributed by atoms with Crippen molar-refractivity contribution >= 4 is 22.9 Å². The molecule has 0 spiro atoms. The predicted molar refractivity (Wildman–Crippen MR) is 91.2 cm³/mol. The minimum Gasteiger partial charge on any atom is -0.466 e. The summed E-state index contributed by atoms with van der Waals surface area (Å²) in [5, 5.41) is 2.08. The van der Waals surface area contributed by atoms with Gasteiger partial charge in [0.2, 0.25) is 0 Å². The van der Waals surface area contributed by atoms with Crippen LogP contribution in [0.4, 0.5) is 0 Å². The van der Waals surface area contributed by atoms with E-state index >= 15 is 0 Å². The normalized spacial score (nSPS) is 23.2. The van der Waals surface area contributed by atoms with Gasteiger partial charge in [0.15, 0.2) is 0 Å². The molecule has 0 saturated carbocycles. The largest absolute Gasteiger partial charge is 0.466 e. The van der Waals surface area contributed by atoms with Crippen LogP contribution in [0.25, 0.3) is 16.0 Å². The van der Waals surface area contributed by atoms with Crippen LogP contribution >= 0.6 is 11.3 Å². The Bertz CT molecular complexity index is 743. The van der Waals surface area contributed by atoms with E-state index in [2.05, 4.69) is 41.8 Å². The maximum Gasteiger partial charge on any atom is 0.336 e. The van der Waals surface area contributed by atoms with Crippen LogP contribution in [0.2, 0.25) is 0 Å². The molecule has 2 aliphatic heterocycles. The molecule has 1 saturated heterocycles. The predicted octanol–water partition coefficient (Wildman–Crippen LogP) is 4.29. The maximum atomic E-state index is 12.2. The smallest absolute Gasteiger partial charge is 0.336 e. The molecule has 0 unspecified atom stereocenters. The van der Waals surface area contributed by atoms with Gasteiger partial charge in [0.25, 0.3) is 0 Å². The van der Waals surface area contributed by atoms with Gasteiger partial charge in [-0.3, -0.25) is 0 Å². The lowest BCUT2D eigenvalue weighted by molar-refractivity contribution is -0.137. The topological polar surface area (TPSA) is 35.5 Å². The molecular formula is C19H18O3S. The molecule has 4 heteroatoms. The van der Waals surface area contributed by atoms with Gasteiger partial charge in [-0.05, 0) is 47.4 Å². The number of fused-ring (bicyclic) bond motifs is 2. The number of esters is 1. The molecule has 23 heavy (non-hydrogen) atoms. The summed E-state index contributed by atoms with van der Waals surface area (Å²) >= 11 is 1.73. The molecule has 2 atom stereocenters. The number of rotatable bonds is 3. The van der Waals surface area contributed by atoms with Crippen LogP contribution in [-0.2, 0) is 14.3 Å². The van der Waals surface area contributed by atoms with Crippen LogP contribution in [0.5, 0.6) is 0 Å². The van der Waals surface area contributed by atoms with Gasteiger partial charge in [-0.25, -0.2) is 4.79 Å². The van der Waals surface area contributed by atoms with Crippen molar-refractivity contribution in [2.24, 2.45) is 0 Å². The average Bonchev–Trinajstić information content (AvgIpc) is 3.25. The summed E-state index contributed by atoms with van der Waals surface area (Å²) in [5.41, 5.74) is 4.11. The molecule has 2 aromatic rings. The first-order valence-electron chi connectivity index (χ1n) is 7.87. The number of benzene rings is 1. The van der Waals surface area contributed by atoms with Gasteiger partial charge in [0.1, 0.15) is 0 Å². The Labute approximate surface area is 139 Å². The Hall–Kier alpha value is -1.91. The lowest BCUT2D eigenvalue weighted by Crippen LogP contribution is -2.26. The van der Waals surface area contributed by atoms with Gasteiger partial charge < -0.3 is 9.47 Å². The lowest BCUT2D eigenvalue weighted by Gasteiger charge is -2.26. The van der Waals surface area contributed by atoms with E-state index in [1.165, 1.54) is 17.6 Å². The zero-order valence-corrected chi connectivity index (χ0v) is 13.8. The summed E-state index contributed by atoms with van der Waals surface area (Å²) in [4.78, 5) is 13.5. The van der Waals surface area contributed by atoms with Crippen molar-refractivity contribution in [2.45, 2.75) is 31.5 Å². The van der Waals surface area contributed by atoms with E-state index < -0.39 is 0 Å². The van der Waals surface area contributed by atoms with Gasteiger partial charge in [-0.2, -0.15) is 0 Å². The van der Waals surface area contributed by atoms with Crippen LogP contribution < -0.4 is 0 Å². The summed E-state index contributed by atoms with van der Waals surface area (Å²) in [7, 11) is 1.44. The summed E-state index contributed by atoms with van der Waals surface area (Å²) in [6.45, 7) is 0. The van der Waals surface area contributed by atoms with Gasteiger partial charge in [-0.15, -0.1) is 11.3 Å². The fraction of sp³-hybridized carbons (Fsp3) is 0.316. The number of carbonyl (C=O) groups excluding carboxylic acids is 1. The highest BCUT2D eigenvalue weighted by Gasteiger charge is 2.39. The summed E-state index contributed by atoms with van der Waals surface area (Å²) in [6.07, 6.45) is 2.85. The summed E-state index contributed by atoms with van der Waals surface area (Å²) in [5.74, 6) is -0.257. The van der Waals surface area contributed by atoms with Crippen LogP contribution in [0.3, 0.4) is 0 Å². The number of ether oxygens (including phenoxy) is 2. The number of hydrogen-bond donors (Lipinski definition) is 0. The summed E-state index contributed by atoms with van der Waals surface area (Å²) < 4.78 is 10.9. The summed E-state index contributed by atoms with van der Waals surface area (Å²) in [6, 6.07) is 12.6. The molecule has 0 aliphatic carbocycles. The molecule has 1 aromatic heterocycles. The zero-order chi connectivity index (χ0) is 15.8. The van der Waals surface area contributed by atoms with Crippen molar-refractivity contribution in [3.8, 4) is 10.4 Å². The van der Waals surface area contributed by atoms with E-state index in [-0.39, 0.29) is 18.2 Å². The van der Waals surface area contributed by atoms with Crippen LogP contribution in [-0.4, -0.2) is 25.3 Å². The fourth-order valence-corrected chi connectivity index (χ4v) is 4.25. The van der Waals surface area contributed by atoms with Crippen LogP contribution in [0.1, 0.15) is 24.8 Å². The molecule has 3 nitrogen and oxygen atoms in total. The first-order valence-corrected chi connectivity index (χ1v) is 8.75. The number of hydrogen-bond acceptors (Lipinski definition) is 4.